The van der Waals surface area contributed by atoms with E-state index in [1.54, 1.807) is 37.4 Å². The highest BCUT2D eigenvalue weighted by Gasteiger charge is 2.35. The molecule has 1 fully saturated rings. The van der Waals surface area contributed by atoms with Gasteiger partial charge in [-0.3, -0.25) is 19.3 Å². The molecule has 252 valence electrons. The van der Waals surface area contributed by atoms with E-state index in [4.69, 9.17) is 23.4 Å². The van der Waals surface area contributed by atoms with Crippen LogP contribution in [0.4, 0.5) is 0 Å². The fourth-order valence-electron chi connectivity index (χ4n) is 6.99. The van der Waals surface area contributed by atoms with E-state index in [0.29, 0.717) is 48.9 Å². The highest BCUT2D eigenvalue weighted by atomic mass is 16.5. The highest BCUT2D eigenvalue weighted by molar-refractivity contribution is 5.72. The van der Waals surface area contributed by atoms with Gasteiger partial charge in [0, 0.05) is 55.4 Å². The van der Waals surface area contributed by atoms with Crippen LogP contribution in [0, 0.1) is 5.92 Å². The zero-order valence-electron chi connectivity index (χ0n) is 27.3. The number of piperidine rings is 1. The van der Waals surface area contributed by atoms with Gasteiger partial charge < -0.3 is 33.0 Å². The van der Waals surface area contributed by atoms with Crippen LogP contribution in [0.25, 0.3) is 0 Å². The van der Waals surface area contributed by atoms with Crippen LogP contribution in [0.5, 0.6) is 23.0 Å². The average molecular weight is 657 g/mol. The monoisotopic (exact) mass is 656 g/mol. The van der Waals surface area contributed by atoms with E-state index in [1.807, 2.05) is 34.9 Å². The number of esters is 1. The van der Waals surface area contributed by atoms with Gasteiger partial charge in [0.1, 0.15) is 11.5 Å². The van der Waals surface area contributed by atoms with Gasteiger partial charge in [0.05, 0.1) is 46.8 Å². The molecule has 1 saturated heterocycles. The molecule has 11 heteroatoms. The smallest absolute Gasteiger partial charge is 0.306 e. The van der Waals surface area contributed by atoms with Crippen molar-refractivity contribution < 1.29 is 33.3 Å². The number of carbonyl (C=O) groups is 1. The van der Waals surface area contributed by atoms with Crippen LogP contribution in [-0.4, -0.2) is 61.6 Å². The number of aromatic nitrogens is 1. The zero-order chi connectivity index (χ0) is 33.8. The van der Waals surface area contributed by atoms with Crippen molar-refractivity contribution in [1.82, 2.24) is 9.47 Å². The summed E-state index contributed by atoms with van der Waals surface area (Å²) in [5.74, 6) is 0.255. The van der Waals surface area contributed by atoms with E-state index in [0.717, 1.165) is 30.0 Å². The summed E-state index contributed by atoms with van der Waals surface area (Å²) in [6.45, 7) is 2.66. The molecule has 6 rings (SSSR count). The van der Waals surface area contributed by atoms with Crippen LogP contribution >= 0.6 is 0 Å². The minimum Gasteiger partial charge on any atom is -0.502 e. The molecule has 2 aromatic carbocycles. The average Bonchev–Trinajstić information content (AvgIpc) is 3.09. The molecular formula is C37H40N2O9. The summed E-state index contributed by atoms with van der Waals surface area (Å²) >= 11 is 0. The molecule has 2 bridgehead atoms. The topological polar surface area (TPSA) is 130 Å². The van der Waals surface area contributed by atoms with Gasteiger partial charge in [0.2, 0.25) is 11.2 Å². The number of carbonyl (C=O) groups excluding carboxylic acids is 1. The minimum absolute atomic E-state index is 0.0168. The van der Waals surface area contributed by atoms with Crippen molar-refractivity contribution in [2.45, 2.75) is 44.2 Å². The van der Waals surface area contributed by atoms with Crippen LogP contribution in [0.1, 0.15) is 53.0 Å². The van der Waals surface area contributed by atoms with Crippen molar-refractivity contribution >= 4 is 5.97 Å². The van der Waals surface area contributed by atoms with Crippen molar-refractivity contribution in [3.05, 3.63) is 116 Å². The lowest BCUT2D eigenvalue weighted by Crippen LogP contribution is -2.46. The molecule has 0 unspecified atom stereocenters. The number of para-hydroxylation sites is 1. The fraction of sp³-hybridized carbons (Fsp3) is 0.378. The Balaban J connectivity index is 1.30. The number of pyridine rings is 1. The number of benzene rings is 2. The van der Waals surface area contributed by atoms with Crippen LogP contribution in [-0.2, 0) is 29.0 Å². The summed E-state index contributed by atoms with van der Waals surface area (Å²) < 4.78 is 30.4. The Morgan fingerprint density at radius 3 is 2.52 bits per heavy atom. The van der Waals surface area contributed by atoms with E-state index in [9.17, 15) is 19.5 Å². The van der Waals surface area contributed by atoms with E-state index >= 15 is 0 Å². The Bertz CT molecular complexity index is 1880. The van der Waals surface area contributed by atoms with E-state index in [-0.39, 0.29) is 36.2 Å². The Hall–Kier alpha value is -5.03. The lowest BCUT2D eigenvalue weighted by Gasteiger charge is -2.42. The lowest BCUT2D eigenvalue weighted by molar-refractivity contribution is -0.140. The number of methoxy groups -OCH3 is 3. The summed E-state index contributed by atoms with van der Waals surface area (Å²) in [6.07, 6.45) is 1.34. The molecule has 48 heavy (non-hydrogen) atoms. The molecule has 3 atom stereocenters. The highest BCUT2D eigenvalue weighted by Crippen LogP contribution is 2.43. The van der Waals surface area contributed by atoms with E-state index in [2.05, 4.69) is 4.90 Å². The Kier molecular flexibility index (Phi) is 9.86. The van der Waals surface area contributed by atoms with Gasteiger partial charge in [-0.1, -0.05) is 30.3 Å². The maximum absolute atomic E-state index is 13.2. The minimum atomic E-state index is -0.921. The molecule has 4 aromatic rings. The predicted octanol–water partition coefficient (Wildman–Crippen LogP) is 4.46. The van der Waals surface area contributed by atoms with Gasteiger partial charge in [-0.15, -0.1) is 0 Å². The van der Waals surface area contributed by atoms with Crippen molar-refractivity contribution in [2.24, 2.45) is 5.92 Å². The number of hydrogen-bond donors (Lipinski definition) is 1. The van der Waals surface area contributed by atoms with Gasteiger partial charge in [-0.05, 0) is 42.2 Å². The second kappa shape index (κ2) is 14.4. The first-order valence-electron chi connectivity index (χ1n) is 16.0. The second-order valence-electron chi connectivity index (χ2n) is 12.3. The van der Waals surface area contributed by atoms with E-state index in [1.165, 1.54) is 20.3 Å². The van der Waals surface area contributed by atoms with Crippen molar-refractivity contribution in [2.75, 3.05) is 41.0 Å². The quantitative estimate of drug-likeness (QED) is 0.218. The molecule has 2 aromatic heterocycles. The maximum Gasteiger partial charge on any atom is 0.306 e. The molecule has 4 heterocycles. The number of hydrogen-bond acceptors (Lipinski definition) is 10. The number of rotatable bonds is 12. The maximum atomic E-state index is 13.2. The third-order valence-electron chi connectivity index (χ3n) is 9.25. The molecular weight excluding hydrogens is 616 g/mol. The molecule has 11 nitrogen and oxygen atoms in total. The SMILES string of the molecule is COC(=O)C[C@@H](c1cccc(OC)c1OCCc1ccc(OC)cc1)c1oc(CN2C[C@H]3C[C@@H](C2)c2cccc(=O)n2C3)cc(=O)c1O. The first kappa shape index (κ1) is 32.9. The van der Waals surface area contributed by atoms with Gasteiger partial charge in [-0.2, -0.15) is 0 Å². The third-order valence-corrected chi connectivity index (χ3v) is 9.25. The number of likely N-dealkylation sites (tertiary alicyclic amines) is 1. The molecule has 2 aliphatic rings. The molecule has 2 aliphatic heterocycles. The molecule has 0 spiro atoms. The molecule has 1 N–H and O–H groups in total. The van der Waals surface area contributed by atoms with Crippen LogP contribution in [0.15, 0.2) is 80.7 Å². The van der Waals surface area contributed by atoms with Crippen molar-refractivity contribution in [3.8, 4) is 23.0 Å². The normalized spacial score (nSPS) is 17.6. The summed E-state index contributed by atoms with van der Waals surface area (Å²) in [4.78, 5) is 40.7. The van der Waals surface area contributed by atoms with Crippen LogP contribution < -0.4 is 25.2 Å². The molecule has 0 saturated carbocycles. The van der Waals surface area contributed by atoms with Crippen molar-refractivity contribution in [3.63, 3.8) is 0 Å². The fourth-order valence-corrected chi connectivity index (χ4v) is 6.99. The Morgan fingerprint density at radius 1 is 0.979 bits per heavy atom. The van der Waals surface area contributed by atoms with Crippen LogP contribution in [0.2, 0.25) is 0 Å². The first-order chi connectivity index (χ1) is 23.3. The summed E-state index contributed by atoms with van der Waals surface area (Å²) in [7, 11) is 4.42. The van der Waals surface area contributed by atoms with Crippen LogP contribution in [0.3, 0.4) is 0 Å². The lowest BCUT2D eigenvalue weighted by atomic mass is 9.83. The van der Waals surface area contributed by atoms with Gasteiger partial charge in [-0.25, -0.2) is 0 Å². The number of ether oxygens (including phenoxy) is 4. The predicted molar refractivity (Wildman–Crippen MR) is 177 cm³/mol. The van der Waals surface area contributed by atoms with E-state index < -0.39 is 23.1 Å². The summed E-state index contributed by atoms with van der Waals surface area (Å²) in [5, 5.41) is 11.1. The number of aromatic hydroxyl groups is 1. The second-order valence-corrected chi connectivity index (χ2v) is 12.3. The summed E-state index contributed by atoms with van der Waals surface area (Å²) in [6, 6.07) is 19.6. The first-order valence-corrected chi connectivity index (χ1v) is 16.0. The zero-order valence-corrected chi connectivity index (χ0v) is 27.3. The number of nitrogens with zero attached hydrogens (tertiary/aromatic N) is 2. The molecule has 0 amide bonds. The Morgan fingerprint density at radius 2 is 1.77 bits per heavy atom. The van der Waals surface area contributed by atoms with Crippen molar-refractivity contribution in [1.29, 1.82) is 0 Å². The Labute approximate surface area is 278 Å². The molecule has 0 aliphatic carbocycles. The largest absolute Gasteiger partial charge is 0.502 e. The summed E-state index contributed by atoms with van der Waals surface area (Å²) in [5.41, 5.74) is 1.96. The van der Waals surface area contributed by atoms with Gasteiger partial charge >= 0.3 is 5.97 Å². The van der Waals surface area contributed by atoms with Gasteiger partial charge in [0.15, 0.2) is 17.3 Å². The molecule has 0 radical (unpaired) electrons. The standard InChI is InChI=1S/C37H40N2O9/c1-44-26-12-10-23(11-13-26)14-15-47-36-28(6-4-8-32(36)45-2)29(18-34(42)46-3)37-35(43)31(40)17-27(48-37)22-38-19-24-16-25(21-38)30-7-5-9-33(41)39(30)20-24/h4-13,17,24-25,29,43H,14-16,18-22H2,1-3H3/t24-,25+,29+/m1/s1. The number of fused-ring (bicyclic) bond motifs is 4. The van der Waals surface area contributed by atoms with Gasteiger partial charge in [0.25, 0.3) is 5.56 Å². The third kappa shape index (κ3) is 6.96.